The van der Waals surface area contributed by atoms with E-state index in [0.717, 1.165) is 22.2 Å². The number of nitrogens with one attached hydrogen (secondary N) is 1. The van der Waals surface area contributed by atoms with Gasteiger partial charge in [-0.1, -0.05) is 6.07 Å². The number of anilines is 1. The molecule has 0 aliphatic heterocycles. The van der Waals surface area contributed by atoms with E-state index in [-0.39, 0.29) is 5.91 Å². The molecule has 0 unspecified atom stereocenters. The Morgan fingerprint density at radius 1 is 1.38 bits per heavy atom. The molecule has 1 aromatic heterocycles. The smallest absolute Gasteiger partial charge is 0.221 e. The standard InChI is InChI=1S/C13H14N2O/c1-9-7-12-11(8-15(9)3)5-4-6-13(12)14-10(2)16/h4-8H,1-3H3/p+1. The summed E-state index contributed by atoms with van der Waals surface area (Å²) in [6, 6.07) is 7.99. The normalized spacial score (nSPS) is 10.4. The van der Waals surface area contributed by atoms with Gasteiger partial charge in [0, 0.05) is 36.4 Å². The van der Waals surface area contributed by atoms with Crippen LogP contribution in [0.5, 0.6) is 0 Å². The summed E-state index contributed by atoms with van der Waals surface area (Å²) >= 11 is 0. The highest BCUT2D eigenvalue weighted by atomic mass is 16.1. The summed E-state index contributed by atoms with van der Waals surface area (Å²) in [5.74, 6) is -0.0432. The van der Waals surface area contributed by atoms with Crippen LogP contribution in [0.3, 0.4) is 0 Å². The van der Waals surface area contributed by atoms with Crippen molar-refractivity contribution in [3.63, 3.8) is 0 Å². The SMILES string of the molecule is CC(=O)Nc1cccc2c[n+](C)c(C)cc12. The predicted octanol–water partition coefficient (Wildman–Crippen LogP) is 1.93. The van der Waals surface area contributed by atoms with Crippen LogP contribution in [0.15, 0.2) is 30.5 Å². The fraction of sp³-hybridized carbons (Fsp3) is 0.231. The number of aryl methyl sites for hydroxylation is 2. The summed E-state index contributed by atoms with van der Waals surface area (Å²) < 4.78 is 2.07. The van der Waals surface area contributed by atoms with Crippen LogP contribution in [-0.4, -0.2) is 5.91 Å². The van der Waals surface area contributed by atoms with Crippen LogP contribution in [0.25, 0.3) is 10.8 Å². The van der Waals surface area contributed by atoms with E-state index in [1.165, 1.54) is 6.92 Å². The molecule has 16 heavy (non-hydrogen) atoms. The number of aromatic nitrogens is 1. The maximum absolute atomic E-state index is 11.1. The molecular weight excluding hydrogens is 200 g/mol. The van der Waals surface area contributed by atoms with E-state index in [1.807, 2.05) is 32.2 Å². The van der Waals surface area contributed by atoms with Crippen LogP contribution in [0.1, 0.15) is 12.6 Å². The first-order chi connectivity index (χ1) is 7.58. The minimum atomic E-state index is -0.0432. The molecule has 0 saturated heterocycles. The molecule has 0 bridgehead atoms. The Kier molecular flexibility index (Phi) is 2.60. The molecular formula is C13H15N2O+. The molecule has 0 aliphatic rings. The van der Waals surface area contributed by atoms with Crippen LogP contribution in [0.4, 0.5) is 5.69 Å². The number of amides is 1. The summed E-state index contributed by atoms with van der Waals surface area (Å²) in [6.45, 7) is 3.57. The first-order valence-electron chi connectivity index (χ1n) is 5.24. The van der Waals surface area contributed by atoms with Crippen molar-refractivity contribution >= 4 is 22.4 Å². The molecule has 1 aromatic carbocycles. The lowest BCUT2D eigenvalue weighted by Gasteiger charge is -2.06. The van der Waals surface area contributed by atoms with Gasteiger partial charge in [0.2, 0.25) is 5.91 Å². The molecule has 2 aromatic rings. The van der Waals surface area contributed by atoms with Crippen LogP contribution in [0, 0.1) is 6.92 Å². The quantitative estimate of drug-likeness (QED) is 0.724. The number of pyridine rings is 1. The second-order valence-electron chi connectivity index (χ2n) is 4.02. The molecule has 1 heterocycles. The van der Waals surface area contributed by atoms with Crippen LogP contribution < -0.4 is 9.88 Å². The molecule has 0 atom stereocenters. The van der Waals surface area contributed by atoms with Crippen molar-refractivity contribution in [2.75, 3.05) is 5.32 Å². The van der Waals surface area contributed by atoms with Gasteiger partial charge >= 0.3 is 0 Å². The minimum absolute atomic E-state index is 0.0432. The maximum atomic E-state index is 11.1. The van der Waals surface area contributed by atoms with Gasteiger partial charge in [-0.2, -0.15) is 0 Å². The Labute approximate surface area is 94.7 Å². The van der Waals surface area contributed by atoms with Crippen molar-refractivity contribution in [3.8, 4) is 0 Å². The number of rotatable bonds is 1. The van der Waals surface area contributed by atoms with E-state index < -0.39 is 0 Å². The highest BCUT2D eigenvalue weighted by Gasteiger charge is 2.08. The molecule has 0 aliphatic carbocycles. The third-order valence-corrected chi connectivity index (χ3v) is 2.69. The largest absolute Gasteiger partial charge is 0.326 e. The molecule has 1 amide bonds. The van der Waals surface area contributed by atoms with E-state index in [2.05, 4.69) is 22.1 Å². The first-order valence-corrected chi connectivity index (χ1v) is 5.24. The van der Waals surface area contributed by atoms with Gasteiger partial charge in [-0.25, -0.2) is 4.57 Å². The molecule has 0 spiro atoms. The fourth-order valence-electron chi connectivity index (χ4n) is 1.78. The lowest BCUT2D eigenvalue weighted by molar-refractivity contribution is -0.676. The second kappa shape index (κ2) is 3.93. The summed E-state index contributed by atoms with van der Waals surface area (Å²) in [4.78, 5) is 11.1. The van der Waals surface area contributed by atoms with E-state index in [9.17, 15) is 4.79 Å². The van der Waals surface area contributed by atoms with Gasteiger partial charge < -0.3 is 5.32 Å². The zero-order chi connectivity index (χ0) is 11.7. The molecule has 0 radical (unpaired) electrons. The van der Waals surface area contributed by atoms with Gasteiger partial charge in [0.25, 0.3) is 0 Å². The number of hydrogen-bond donors (Lipinski definition) is 1. The van der Waals surface area contributed by atoms with Crippen LogP contribution >= 0.6 is 0 Å². The van der Waals surface area contributed by atoms with Crippen molar-refractivity contribution in [3.05, 3.63) is 36.2 Å². The lowest BCUT2D eigenvalue weighted by atomic mass is 10.1. The van der Waals surface area contributed by atoms with Gasteiger partial charge in [0.1, 0.15) is 7.05 Å². The van der Waals surface area contributed by atoms with Crippen LogP contribution in [-0.2, 0) is 11.8 Å². The summed E-state index contributed by atoms with van der Waals surface area (Å²) in [5, 5.41) is 5.05. The monoisotopic (exact) mass is 215 g/mol. The predicted molar refractivity (Wildman–Crippen MR) is 64.2 cm³/mol. The average molecular weight is 215 g/mol. The Morgan fingerprint density at radius 2 is 2.12 bits per heavy atom. The summed E-state index contributed by atoms with van der Waals surface area (Å²) in [6.07, 6.45) is 2.07. The average Bonchev–Trinajstić information content (AvgIpc) is 2.20. The van der Waals surface area contributed by atoms with E-state index in [4.69, 9.17) is 0 Å². The van der Waals surface area contributed by atoms with Gasteiger partial charge in [0.05, 0.1) is 0 Å². The molecule has 2 rings (SSSR count). The third kappa shape index (κ3) is 1.89. The topological polar surface area (TPSA) is 33.0 Å². The number of fused-ring (bicyclic) bond motifs is 1. The van der Waals surface area contributed by atoms with Gasteiger partial charge in [-0.15, -0.1) is 0 Å². The molecule has 3 heteroatoms. The van der Waals surface area contributed by atoms with Crippen molar-refractivity contribution in [1.82, 2.24) is 0 Å². The molecule has 82 valence electrons. The molecule has 1 N–H and O–H groups in total. The Bertz CT molecular complexity index is 561. The summed E-state index contributed by atoms with van der Waals surface area (Å²) in [7, 11) is 2.01. The number of carbonyl (C=O) groups excluding carboxylic acids is 1. The van der Waals surface area contributed by atoms with Gasteiger partial charge in [0.15, 0.2) is 11.9 Å². The fourth-order valence-corrected chi connectivity index (χ4v) is 1.78. The van der Waals surface area contributed by atoms with Crippen molar-refractivity contribution < 1.29 is 9.36 Å². The lowest BCUT2D eigenvalue weighted by Crippen LogP contribution is -2.31. The second-order valence-corrected chi connectivity index (χ2v) is 4.02. The molecule has 0 saturated carbocycles. The van der Waals surface area contributed by atoms with Crippen molar-refractivity contribution in [1.29, 1.82) is 0 Å². The van der Waals surface area contributed by atoms with Crippen LogP contribution in [0.2, 0.25) is 0 Å². The van der Waals surface area contributed by atoms with E-state index >= 15 is 0 Å². The Morgan fingerprint density at radius 3 is 2.81 bits per heavy atom. The third-order valence-electron chi connectivity index (χ3n) is 2.69. The first kappa shape index (κ1) is 10.6. The summed E-state index contributed by atoms with van der Waals surface area (Å²) in [5.41, 5.74) is 2.03. The maximum Gasteiger partial charge on any atom is 0.221 e. The van der Waals surface area contributed by atoms with Crippen molar-refractivity contribution in [2.24, 2.45) is 7.05 Å². The number of carbonyl (C=O) groups is 1. The highest BCUT2D eigenvalue weighted by Crippen LogP contribution is 2.22. The van der Waals surface area contributed by atoms with E-state index in [1.54, 1.807) is 0 Å². The van der Waals surface area contributed by atoms with E-state index in [0.29, 0.717) is 0 Å². The minimum Gasteiger partial charge on any atom is -0.326 e. The van der Waals surface area contributed by atoms with Gasteiger partial charge in [-0.3, -0.25) is 4.79 Å². The number of benzene rings is 1. The zero-order valence-corrected chi connectivity index (χ0v) is 9.74. The highest BCUT2D eigenvalue weighted by molar-refractivity contribution is 6.00. The molecule has 0 fully saturated rings. The number of nitrogens with zero attached hydrogens (tertiary/aromatic N) is 1. The Hall–Kier alpha value is -1.90. The zero-order valence-electron chi connectivity index (χ0n) is 9.74. The molecule has 3 nitrogen and oxygen atoms in total. The van der Waals surface area contributed by atoms with Crippen molar-refractivity contribution in [2.45, 2.75) is 13.8 Å². The number of hydrogen-bond acceptors (Lipinski definition) is 1. The van der Waals surface area contributed by atoms with Gasteiger partial charge in [-0.05, 0) is 12.1 Å². The Balaban J connectivity index is 2.67.